The summed E-state index contributed by atoms with van der Waals surface area (Å²) in [6, 6.07) is -0.877. The van der Waals surface area contributed by atoms with E-state index in [0.29, 0.717) is 6.54 Å². The standard InChI is InChI=1S/C13H24F2N2O2/c1-9(10(14)15)16-8-13(6-5-7-13)17-11(18)19-12(2,3)4/h9-10,16H,5-8H2,1-4H3,(H,17,18). The van der Waals surface area contributed by atoms with Gasteiger partial charge in [0.05, 0.1) is 11.6 Å². The molecule has 0 aliphatic heterocycles. The van der Waals surface area contributed by atoms with Gasteiger partial charge in [-0.25, -0.2) is 13.6 Å². The fourth-order valence-electron chi connectivity index (χ4n) is 1.92. The summed E-state index contributed by atoms with van der Waals surface area (Å²) >= 11 is 0. The van der Waals surface area contributed by atoms with Crippen LogP contribution < -0.4 is 10.6 Å². The van der Waals surface area contributed by atoms with Crippen LogP contribution in [-0.2, 0) is 4.74 Å². The van der Waals surface area contributed by atoms with E-state index < -0.39 is 29.7 Å². The molecule has 0 aromatic rings. The second-order valence-corrected chi connectivity index (χ2v) is 6.26. The molecular formula is C13H24F2N2O2. The molecule has 1 fully saturated rings. The predicted molar refractivity (Wildman–Crippen MR) is 69.4 cm³/mol. The maximum atomic E-state index is 12.4. The van der Waals surface area contributed by atoms with E-state index in [4.69, 9.17) is 4.74 Å². The molecule has 1 saturated carbocycles. The molecule has 0 spiro atoms. The number of rotatable bonds is 5. The number of alkyl halides is 2. The molecule has 0 aromatic heterocycles. The third-order valence-electron chi connectivity index (χ3n) is 3.22. The van der Waals surface area contributed by atoms with Crippen LogP contribution in [-0.4, -0.2) is 36.2 Å². The van der Waals surface area contributed by atoms with Gasteiger partial charge in [0, 0.05) is 6.54 Å². The Balaban J connectivity index is 2.45. The minimum Gasteiger partial charge on any atom is -0.444 e. The summed E-state index contributed by atoms with van der Waals surface area (Å²) < 4.78 is 30.1. The molecule has 1 rings (SSSR count). The highest BCUT2D eigenvalue weighted by Crippen LogP contribution is 2.31. The van der Waals surface area contributed by atoms with E-state index in [2.05, 4.69) is 10.6 Å². The number of nitrogens with one attached hydrogen (secondary N) is 2. The molecule has 4 nitrogen and oxygen atoms in total. The van der Waals surface area contributed by atoms with Gasteiger partial charge in [-0.3, -0.25) is 0 Å². The maximum Gasteiger partial charge on any atom is 0.408 e. The van der Waals surface area contributed by atoms with Gasteiger partial charge < -0.3 is 15.4 Å². The second-order valence-electron chi connectivity index (χ2n) is 6.26. The summed E-state index contributed by atoms with van der Waals surface area (Å²) in [5, 5.41) is 5.58. The number of carbonyl (C=O) groups is 1. The van der Waals surface area contributed by atoms with Crippen molar-refractivity contribution >= 4 is 6.09 Å². The zero-order chi connectivity index (χ0) is 14.7. The van der Waals surface area contributed by atoms with Gasteiger partial charge in [-0.05, 0) is 47.0 Å². The minimum atomic E-state index is -2.40. The molecule has 1 amide bonds. The molecule has 0 saturated heterocycles. The van der Waals surface area contributed by atoms with Crippen LogP contribution in [0.2, 0.25) is 0 Å². The lowest BCUT2D eigenvalue weighted by Crippen LogP contribution is -2.61. The van der Waals surface area contributed by atoms with E-state index in [1.807, 2.05) is 0 Å². The minimum absolute atomic E-state index is 0.345. The van der Waals surface area contributed by atoms with Crippen LogP contribution in [0.15, 0.2) is 0 Å². The van der Waals surface area contributed by atoms with Crippen LogP contribution in [0.1, 0.15) is 47.0 Å². The van der Waals surface area contributed by atoms with Crippen molar-refractivity contribution in [3.8, 4) is 0 Å². The third-order valence-corrected chi connectivity index (χ3v) is 3.22. The monoisotopic (exact) mass is 278 g/mol. The van der Waals surface area contributed by atoms with Gasteiger partial charge in [-0.1, -0.05) is 0 Å². The van der Waals surface area contributed by atoms with Crippen molar-refractivity contribution in [2.24, 2.45) is 0 Å². The van der Waals surface area contributed by atoms with Crippen LogP contribution in [0.25, 0.3) is 0 Å². The van der Waals surface area contributed by atoms with Gasteiger partial charge in [0.2, 0.25) is 0 Å². The van der Waals surface area contributed by atoms with Gasteiger partial charge in [-0.2, -0.15) is 0 Å². The zero-order valence-electron chi connectivity index (χ0n) is 12.1. The zero-order valence-corrected chi connectivity index (χ0v) is 12.1. The summed E-state index contributed by atoms with van der Waals surface area (Å²) in [4.78, 5) is 11.7. The van der Waals surface area contributed by atoms with Crippen LogP contribution >= 0.6 is 0 Å². The lowest BCUT2D eigenvalue weighted by atomic mass is 9.76. The number of halogens is 2. The Hall–Kier alpha value is -0.910. The lowest BCUT2D eigenvalue weighted by molar-refractivity contribution is 0.0362. The Kier molecular flexibility index (Phi) is 5.12. The number of hydrogen-bond acceptors (Lipinski definition) is 3. The Labute approximate surface area is 113 Å². The first-order chi connectivity index (χ1) is 8.64. The first kappa shape index (κ1) is 16.1. The summed E-state index contributed by atoms with van der Waals surface area (Å²) in [5.74, 6) is 0. The van der Waals surface area contributed by atoms with Crippen molar-refractivity contribution in [3.05, 3.63) is 0 Å². The normalized spacial score (nSPS) is 19.7. The Morgan fingerprint density at radius 3 is 2.32 bits per heavy atom. The molecule has 0 heterocycles. The SMILES string of the molecule is CC(NCC1(NC(=O)OC(C)(C)C)CCC1)C(F)F. The van der Waals surface area contributed by atoms with Crippen LogP contribution in [0.3, 0.4) is 0 Å². The molecular weight excluding hydrogens is 254 g/mol. The van der Waals surface area contributed by atoms with Crippen LogP contribution in [0.5, 0.6) is 0 Å². The van der Waals surface area contributed by atoms with Crippen molar-refractivity contribution in [2.75, 3.05) is 6.54 Å². The summed E-state index contributed by atoms with van der Waals surface area (Å²) in [6.07, 6.45) is -0.331. The summed E-state index contributed by atoms with van der Waals surface area (Å²) in [6.45, 7) is 7.15. The predicted octanol–water partition coefficient (Wildman–Crippen LogP) is 2.68. The quantitative estimate of drug-likeness (QED) is 0.813. The van der Waals surface area contributed by atoms with E-state index in [9.17, 15) is 13.6 Å². The van der Waals surface area contributed by atoms with Crippen molar-refractivity contribution in [3.63, 3.8) is 0 Å². The Morgan fingerprint density at radius 2 is 1.95 bits per heavy atom. The number of hydrogen-bond donors (Lipinski definition) is 2. The molecule has 6 heteroatoms. The van der Waals surface area contributed by atoms with Gasteiger partial charge in [0.25, 0.3) is 6.43 Å². The van der Waals surface area contributed by atoms with E-state index >= 15 is 0 Å². The lowest BCUT2D eigenvalue weighted by Gasteiger charge is -2.43. The molecule has 0 bridgehead atoms. The van der Waals surface area contributed by atoms with E-state index in [0.717, 1.165) is 19.3 Å². The van der Waals surface area contributed by atoms with Gasteiger partial charge in [-0.15, -0.1) is 0 Å². The molecule has 1 aliphatic rings. The van der Waals surface area contributed by atoms with Gasteiger partial charge in [0.15, 0.2) is 0 Å². The first-order valence-corrected chi connectivity index (χ1v) is 6.66. The Morgan fingerprint density at radius 1 is 1.37 bits per heavy atom. The summed E-state index contributed by atoms with van der Waals surface area (Å²) in [5.41, 5.74) is -0.996. The van der Waals surface area contributed by atoms with Crippen molar-refractivity contribution in [1.29, 1.82) is 0 Å². The van der Waals surface area contributed by atoms with E-state index in [1.165, 1.54) is 6.92 Å². The number of ether oxygens (including phenoxy) is 1. The highest BCUT2D eigenvalue weighted by molar-refractivity contribution is 5.69. The van der Waals surface area contributed by atoms with Crippen LogP contribution in [0, 0.1) is 0 Å². The smallest absolute Gasteiger partial charge is 0.408 e. The number of amides is 1. The Bertz CT molecular complexity index is 312. The number of carbonyl (C=O) groups excluding carboxylic acids is 1. The highest BCUT2D eigenvalue weighted by Gasteiger charge is 2.39. The fourth-order valence-corrected chi connectivity index (χ4v) is 1.92. The topological polar surface area (TPSA) is 50.4 Å². The summed E-state index contributed by atoms with van der Waals surface area (Å²) in [7, 11) is 0. The van der Waals surface area contributed by atoms with Crippen LogP contribution in [0.4, 0.5) is 13.6 Å². The molecule has 2 N–H and O–H groups in total. The third kappa shape index (κ3) is 5.30. The van der Waals surface area contributed by atoms with Crippen molar-refractivity contribution in [2.45, 2.75) is 70.6 Å². The fraction of sp³-hybridized carbons (Fsp3) is 0.923. The average molecular weight is 278 g/mol. The van der Waals surface area contributed by atoms with E-state index in [-0.39, 0.29) is 0 Å². The number of alkyl carbamates (subject to hydrolysis) is 1. The maximum absolute atomic E-state index is 12.4. The molecule has 1 unspecified atom stereocenters. The van der Waals surface area contributed by atoms with Crippen molar-refractivity contribution < 1.29 is 18.3 Å². The molecule has 1 atom stereocenters. The van der Waals surface area contributed by atoms with Gasteiger partial charge in [0.1, 0.15) is 5.60 Å². The molecule has 0 aromatic carbocycles. The second kappa shape index (κ2) is 6.03. The molecule has 1 aliphatic carbocycles. The van der Waals surface area contributed by atoms with Crippen molar-refractivity contribution in [1.82, 2.24) is 10.6 Å². The first-order valence-electron chi connectivity index (χ1n) is 6.66. The van der Waals surface area contributed by atoms with E-state index in [1.54, 1.807) is 20.8 Å². The largest absolute Gasteiger partial charge is 0.444 e. The molecule has 0 radical (unpaired) electrons. The van der Waals surface area contributed by atoms with Gasteiger partial charge >= 0.3 is 6.09 Å². The average Bonchev–Trinajstić information content (AvgIpc) is 2.18. The molecule has 19 heavy (non-hydrogen) atoms. The highest BCUT2D eigenvalue weighted by atomic mass is 19.3. The molecule has 112 valence electrons.